The molecule has 3 rings (SSSR count). The molecule has 106 valence electrons. The zero-order chi connectivity index (χ0) is 14.5. The smallest absolute Gasteiger partial charge is 0.125 e. The van der Waals surface area contributed by atoms with Gasteiger partial charge >= 0.3 is 0 Å². The van der Waals surface area contributed by atoms with E-state index in [1.165, 1.54) is 16.7 Å². The molecule has 1 N–H and O–H groups in total. The van der Waals surface area contributed by atoms with Crippen LogP contribution in [0.4, 0.5) is 0 Å². The average molecular weight is 277 g/mol. The maximum absolute atomic E-state index is 5.60. The third-order valence-electron chi connectivity index (χ3n) is 3.59. The minimum Gasteiger partial charge on any atom is -0.467 e. The molecule has 1 atom stereocenters. The lowest BCUT2D eigenvalue weighted by atomic mass is 10.0. The molecule has 2 nitrogen and oxygen atoms in total. The summed E-state index contributed by atoms with van der Waals surface area (Å²) in [5, 5.41) is 3.58. The van der Waals surface area contributed by atoms with Crippen molar-refractivity contribution >= 4 is 0 Å². The van der Waals surface area contributed by atoms with Crippen LogP contribution in [0, 0.1) is 6.92 Å². The molecule has 1 unspecified atom stereocenters. The van der Waals surface area contributed by atoms with E-state index in [2.05, 4.69) is 60.8 Å². The monoisotopic (exact) mass is 277 g/mol. The summed E-state index contributed by atoms with van der Waals surface area (Å²) in [6.07, 6.45) is 1.72. The Morgan fingerprint density at radius 1 is 0.905 bits per heavy atom. The second-order valence-corrected chi connectivity index (χ2v) is 5.23. The lowest BCUT2D eigenvalue weighted by molar-refractivity contribution is 0.446. The predicted molar refractivity (Wildman–Crippen MR) is 85.0 cm³/mol. The van der Waals surface area contributed by atoms with Gasteiger partial charge in [-0.1, -0.05) is 60.2 Å². The van der Waals surface area contributed by atoms with Gasteiger partial charge in [-0.25, -0.2) is 0 Å². The van der Waals surface area contributed by atoms with Crippen molar-refractivity contribution in [3.05, 3.63) is 95.4 Å². The number of nitrogens with one attached hydrogen (secondary N) is 1. The Kier molecular flexibility index (Phi) is 4.17. The van der Waals surface area contributed by atoms with Gasteiger partial charge in [-0.2, -0.15) is 0 Å². The van der Waals surface area contributed by atoms with Gasteiger partial charge in [-0.15, -0.1) is 0 Å². The second-order valence-electron chi connectivity index (χ2n) is 5.23. The number of hydrogen-bond acceptors (Lipinski definition) is 2. The largest absolute Gasteiger partial charge is 0.467 e. The van der Waals surface area contributed by atoms with E-state index >= 15 is 0 Å². The Hall–Kier alpha value is -2.32. The summed E-state index contributed by atoms with van der Waals surface area (Å²) >= 11 is 0. The summed E-state index contributed by atoms with van der Waals surface area (Å²) in [5.74, 6) is 0.938. The van der Waals surface area contributed by atoms with E-state index in [0.29, 0.717) is 0 Å². The molecule has 0 saturated heterocycles. The highest BCUT2D eigenvalue weighted by molar-refractivity contribution is 5.27. The molecule has 0 aliphatic carbocycles. The second kappa shape index (κ2) is 6.42. The fourth-order valence-electron chi connectivity index (χ4n) is 2.41. The number of hydrogen-bond donors (Lipinski definition) is 1. The van der Waals surface area contributed by atoms with Crippen molar-refractivity contribution in [2.45, 2.75) is 19.5 Å². The first-order chi connectivity index (χ1) is 10.3. The quantitative estimate of drug-likeness (QED) is 0.744. The average Bonchev–Trinajstić information content (AvgIpc) is 3.05. The van der Waals surface area contributed by atoms with Crippen molar-refractivity contribution in [2.24, 2.45) is 0 Å². The molecule has 21 heavy (non-hydrogen) atoms. The molecule has 0 aliphatic rings. The fourth-order valence-corrected chi connectivity index (χ4v) is 2.41. The summed E-state index contributed by atoms with van der Waals surface area (Å²) in [7, 11) is 0. The van der Waals surface area contributed by atoms with Crippen LogP contribution in [0.2, 0.25) is 0 Å². The lowest BCUT2D eigenvalue weighted by Crippen LogP contribution is -2.21. The van der Waals surface area contributed by atoms with Gasteiger partial charge in [0.1, 0.15) is 5.76 Å². The normalized spacial score (nSPS) is 12.2. The van der Waals surface area contributed by atoms with Gasteiger partial charge in [0, 0.05) is 6.54 Å². The molecule has 0 saturated carbocycles. The molecule has 2 aromatic carbocycles. The van der Waals surface area contributed by atoms with E-state index in [4.69, 9.17) is 4.42 Å². The van der Waals surface area contributed by atoms with Crippen LogP contribution in [0.1, 0.15) is 28.5 Å². The summed E-state index contributed by atoms with van der Waals surface area (Å²) < 4.78 is 5.60. The zero-order valence-corrected chi connectivity index (χ0v) is 12.1. The van der Waals surface area contributed by atoms with E-state index < -0.39 is 0 Å². The van der Waals surface area contributed by atoms with Crippen LogP contribution in [0.5, 0.6) is 0 Å². The lowest BCUT2D eigenvalue weighted by Gasteiger charge is -2.17. The van der Waals surface area contributed by atoms with Crippen molar-refractivity contribution in [1.82, 2.24) is 5.32 Å². The summed E-state index contributed by atoms with van der Waals surface area (Å²) in [6, 6.07) is 23.0. The van der Waals surface area contributed by atoms with Gasteiger partial charge in [0.05, 0.1) is 12.3 Å². The number of benzene rings is 2. The Bertz CT molecular complexity index is 657. The standard InChI is InChI=1S/C19H19NO/c1-15-9-11-16(12-10-15)14-20-19(18-8-5-13-21-18)17-6-3-2-4-7-17/h2-13,19-20H,14H2,1H3. The zero-order valence-electron chi connectivity index (χ0n) is 12.1. The van der Waals surface area contributed by atoms with Crippen LogP contribution in [-0.4, -0.2) is 0 Å². The van der Waals surface area contributed by atoms with E-state index in [1.54, 1.807) is 6.26 Å². The van der Waals surface area contributed by atoms with Gasteiger partial charge in [0.25, 0.3) is 0 Å². The molecule has 1 heterocycles. The van der Waals surface area contributed by atoms with Gasteiger partial charge < -0.3 is 4.42 Å². The minimum atomic E-state index is 0.0718. The Labute approximate surface area is 125 Å². The molecule has 0 spiro atoms. The summed E-state index contributed by atoms with van der Waals surface area (Å²) in [6.45, 7) is 2.91. The van der Waals surface area contributed by atoms with Crippen LogP contribution in [0.15, 0.2) is 77.4 Å². The van der Waals surface area contributed by atoms with Crippen molar-refractivity contribution in [1.29, 1.82) is 0 Å². The van der Waals surface area contributed by atoms with Gasteiger partial charge in [-0.05, 0) is 30.2 Å². The Morgan fingerprint density at radius 2 is 1.67 bits per heavy atom. The molecule has 0 fully saturated rings. The molecular formula is C19H19NO. The molecule has 1 aromatic heterocycles. The van der Waals surface area contributed by atoms with E-state index in [1.807, 2.05) is 18.2 Å². The third kappa shape index (κ3) is 3.41. The van der Waals surface area contributed by atoms with E-state index in [9.17, 15) is 0 Å². The molecular weight excluding hydrogens is 258 g/mol. The first-order valence-electron chi connectivity index (χ1n) is 7.20. The summed E-state index contributed by atoms with van der Waals surface area (Å²) in [5.41, 5.74) is 3.76. The van der Waals surface area contributed by atoms with Gasteiger partial charge in [-0.3, -0.25) is 5.32 Å². The molecule has 0 radical (unpaired) electrons. The molecule has 0 amide bonds. The number of furan rings is 1. The Balaban J connectivity index is 1.78. The van der Waals surface area contributed by atoms with E-state index in [0.717, 1.165) is 12.3 Å². The SMILES string of the molecule is Cc1ccc(CNC(c2ccccc2)c2ccco2)cc1. The molecule has 3 aromatic rings. The maximum Gasteiger partial charge on any atom is 0.125 e. The van der Waals surface area contributed by atoms with Crippen LogP contribution >= 0.6 is 0 Å². The topological polar surface area (TPSA) is 25.2 Å². The predicted octanol–water partition coefficient (Wildman–Crippen LogP) is 4.47. The highest BCUT2D eigenvalue weighted by Gasteiger charge is 2.15. The summed E-state index contributed by atoms with van der Waals surface area (Å²) in [4.78, 5) is 0. The van der Waals surface area contributed by atoms with E-state index in [-0.39, 0.29) is 6.04 Å². The third-order valence-corrected chi connectivity index (χ3v) is 3.59. The van der Waals surface area contributed by atoms with Crippen molar-refractivity contribution in [3.8, 4) is 0 Å². The molecule has 0 aliphatic heterocycles. The van der Waals surface area contributed by atoms with Gasteiger partial charge in [0.15, 0.2) is 0 Å². The van der Waals surface area contributed by atoms with Crippen molar-refractivity contribution in [2.75, 3.05) is 0 Å². The number of aryl methyl sites for hydroxylation is 1. The van der Waals surface area contributed by atoms with Crippen LogP contribution < -0.4 is 5.32 Å². The maximum atomic E-state index is 5.60. The first kappa shape index (κ1) is 13.7. The Morgan fingerprint density at radius 3 is 2.33 bits per heavy atom. The first-order valence-corrected chi connectivity index (χ1v) is 7.20. The molecule has 0 bridgehead atoms. The van der Waals surface area contributed by atoms with Crippen LogP contribution in [0.3, 0.4) is 0 Å². The van der Waals surface area contributed by atoms with Crippen molar-refractivity contribution < 1.29 is 4.42 Å². The van der Waals surface area contributed by atoms with Crippen molar-refractivity contribution in [3.63, 3.8) is 0 Å². The highest BCUT2D eigenvalue weighted by atomic mass is 16.3. The number of rotatable bonds is 5. The molecule has 2 heteroatoms. The minimum absolute atomic E-state index is 0.0718. The van der Waals surface area contributed by atoms with Crippen LogP contribution in [0.25, 0.3) is 0 Å². The van der Waals surface area contributed by atoms with Gasteiger partial charge in [0.2, 0.25) is 0 Å². The fraction of sp³-hybridized carbons (Fsp3) is 0.158. The van der Waals surface area contributed by atoms with Crippen LogP contribution in [-0.2, 0) is 6.54 Å². The highest BCUT2D eigenvalue weighted by Crippen LogP contribution is 2.22.